The predicted molar refractivity (Wildman–Crippen MR) is 87.3 cm³/mol. The molecule has 4 rings (SSSR count). The van der Waals surface area contributed by atoms with Crippen LogP contribution in [0.1, 0.15) is 23.9 Å². The zero-order valence-corrected chi connectivity index (χ0v) is 13.8. The van der Waals surface area contributed by atoms with Crippen LogP contribution in [0.25, 0.3) is 5.69 Å². The normalized spacial score (nSPS) is 16.0. The third kappa shape index (κ3) is 3.20. The third-order valence-electron chi connectivity index (χ3n) is 4.41. The highest BCUT2D eigenvalue weighted by atomic mass is 19.3. The van der Waals surface area contributed by atoms with E-state index in [1.807, 2.05) is 0 Å². The van der Waals surface area contributed by atoms with Crippen molar-refractivity contribution in [3.63, 3.8) is 0 Å². The van der Waals surface area contributed by atoms with Crippen LogP contribution in [0.2, 0.25) is 0 Å². The van der Waals surface area contributed by atoms with E-state index in [1.54, 1.807) is 0 Å². The second kappa shape index (κ2) is 6.57. The van der Waals surface area contributed by atoms with Crippen molar-refractivity contribution in [2.24, 2.45) is 0 Å². The fourth-order valence-electron chi connectivity index (χ4n) is 3.32. The SMILES string of the molecule is O=c1n(-c2ccc(OC(F)F)cc2)nc2n1[C@H](c1cc(F)cc(F)c1)CC2. The number of halogens is 4. The van der Waals surface area contributed by atoms with Gasteiger partial charge in [-0.1, -0.05) is 0 Å². The van der Waals surface area contributed by atoms with E-state index in [1.165, 1.54) is 41.0 Å². The summed E-state index contributed by atoms with van der Waals surface area (Å²) in [4.78, 5) is 12.8. The van der Waals surface area contributed by atoms with Gasteiger partial charge in [-0.3, -0.25) is 4.57 Å². The zero-order valence-electron chi connectivity index (χ0n) is 13.8. The predicted octanol–water partition coefficient (Wildman–Crippen LogP) is 3.45. The highest BCUT2D eigenvalue weighted by Crippen LogP contribution is 2.30. The van der Waals surface area contributed by atoms with Crippen LogP contribution in [-0.4, -0.2) is 21.0 Å². The lowest BCUT2D eigenvalue weighted by Crippen LogP contribution is -2.26. The van der Waals surface area contributed by atoms with Crippen LogP contribution in [0.5, 0.6) is 5.75 Å². The molecule has 0 aliphatic carbocycles. The van der Waals surface area contributed by atoms with Crippen molar-refractivity contribution in [2.45, 2.75) is 25.5 Å². The number of hydrogen-bond donors (Lipinski definition) is 0. The lowest BCUT2D eigenvalue weighted by atomic mass is 10.0. The van der Waals surface area contributed by atoms with Gasteiger partial charge in [0.1, 0.15) is 23.2 Å². The number of rotatable bonds is 4. The molecule has 0 radical (unpaired) electrons. The largest absolute Gasteiger partial charge is 0.435 e. The van der Waals surface area contributed by atoms with Crippen molar-refractivity contribution in [2.75, 3.05) is 0 Å². The van der Waals surface area contributed by atoms with Gasteiger partial charge < -0.3 is 4.74 Å². The highest BCUT2D eigenvalue weighted by molar-refractivity contribution is 5.37. The Morgan fingerprint density at radius 1 is 1.07 bits per heavy atom. The molecule has 2 heterocycles. The summed E-state index contributed by atoms with van der Waals surface area (Å²) in [6, 6.07) is 8.11. The molecule has 0 unspecified atom stereocenters. The molecular weight excluding hydrogens is 366 g/mol. The number of benzene rings is 2. The van der Waals surface area contributed by atoms with Crippen molar-refractivity contribution < 1.29 is 22.3 Å². The molecule has 0 spiro atoms. The summed E-state index contributed by atoms with van der Waals surface area (Å²) in [6.07, 6.45) is 0.972. The molecule has 1 atom stereocenters. The van der Waals surface area contributed by atoms with Gasteiger partial charge in [0, 0.05) is 12.5 Å². The molecule has 140 valence electrons. The van der Waals surface area contributed by atoms with Gasteiger partial charge in [0.2, 0.25) is 0 Å². The molecule has 0 saturated carbocycles. The van der Waals surface area contributed by atoms with Crippen molar-refractivity contribution >= 4 is 0 Å². The van der Waals surface area contributed by atoms with Gasteiger partial charge in [-0.15, -0.1) is 5.10 Å². The van der Waals surface area contributed by atoms with Crippen LogP contribution < -0.4 is 10.4 Å². The second-order valence-corrected chi connectivity index (χ2v) is 6.11. The standard InChI is InChI=1S/C18H13F4N3O2/c19-11-7-10(8-12(20)9-11)15-5-6-16-23-25(18(26)24(15)16)13-1-3-14(4-2-13)27-17(21)22/h1-4,7-9,15,17H,5-6H2/t15-/m0/s1. The molecular formula is C18H13F4N3O2. The van der Waals surface area contributed by atoms with Crippen molar-refractivity contribution in [3.8, 4) is 11.4 Å². The summed E-state index contributed by atoms with van der Waals surface area (Å²) in [6.45, 7) is -2.94. The first-order valence-corrected chi connectivity index (χ1v) is 8.14. The van der Waals surface area contributed by atoms with E-state index in [0.29, 0.717) is 29.9 Å². The molecule has 2 aromatic carbocycles. The zero-order chi connectivity index (χ0) is 19.1. The molecule has 9 heteroatoms. The molecule has 1 aromatic heterocycles. The van der Waals surface area contributed by atoms with E-state index in [9.17, 15) is 22.4 Å². The van der Waals surface area contributed by atoms with E-state index >= 15 is 0 Å². The molecule has 5 nitrogen and oxygen atoms in total. The molecule has 0 amide bonds. The molecule has 0 bridgehead atoms. The van der Waals surface area contributed by atoms with Crippen LogP contribution in [0.15, 0.2) is 47.3 Å². The Balaban J connectivity index is 1.70. The van der Waals surface area contributed by atoms with Crippen molar-refractivity contribution in [3.05, 3.63) is 76.0 Å². The quantitative estimate of drug-likeness (QED) is 0.653. The number of ether oxygens (including phenoxy) is 1. The molecule has 1 aliphatic rings. The Morgan fingerprint density at radius 3 is 2.37 bits per heavy atom. The van der Waals surface area contributed by atoms with E-state index in [0.717, 1.165) is 10.7 Å². The number of fused-ring (bicyclic) bond motifs is 1. The Morgan fingerprint density at radius 2 is 1.74 bits per heavy atom. The highest BCUT2D eigenvalue weighted by Gasteiger charge is 2.30. The van der Waals surface area contributed by atoms with Gasteiger partial charge in [0.15, 0.2) is 0 Å². The summed E-state index contributed by atoms with van der Waals surface area (Å²) in [5.41, 5.74) is 0.251. The van der Waals surface area contributed by atoms with Crippen LogP contribution in [0.3, 0.4) is 0 Å². The Kier molecular flexibility index (Phi) is 4.21. The van der Waals surface area contributed by atoms with Gasteiger partial charge in [-0.05, 0) is 48.4 Å². The maximum atomic E-state index is 13.5. The average molecular weight is 379 g/mol. The molecule has 0 saturated heterocycles. The molecule has 27 heavy (non-hydrogen) atoms. The van der Waals surface area contributed by atoms with Crippen LogP contribution >= 0.6 is 0 Å². The summed E-state index contributed by atoms with van der Waals surface area (Å²) >= 11 is 0. The minimum Gasteiger partial charge on any atom is -0.435 e. The first kappa shape index (κ1) is 17.3. The van der Waals surface area contributed by atoms with Crippen molar-refractivity contribution in [1.29, 1.82) is 0 Å². The molecule has 3 aromatic rings. The smallest absolute Gasteiger partial charge is 0.387 e. The maximum absolute atomic E-state index is 13.5. The monoisotopic (exact) mass is 379 g/mol. The second-order valence-electron chi connectivity index (χ2n) is 6.11. The summed E-state index contributed by atoms with van der Waals surface area (Å²) < 4.78 is 58.4. The fraction of sp³-hybridized carbons (Fsp3) is 0.222. The van der Waals surface area contributed by atoms with Crippen LogP contribution in [-0.2, 0) is 6.42 Å². The molecule has 0 fully saturated rings. The van der Waals surface area contributed by atoms with E-state index in [4.69, 9.17) is 0 Å². The molecule has 0 N–H and O–H groups in total. The Hall–Kier alpha value is -3.10. The Labute approximate surface area is 150 Å². The van der Waals surface area contributed by atoms with E-state index in [2.05, 4.69) is 9.84 Å². The van der Waals surface area contributed by atoms with Crippen LogP contribution in [0, 0.1) is 11.6 Å². The van der Waals surface area contributed by atoms with E-state index in [-0.39, 0.29) is 5.75 Å². The minimum absolute atomic E-state index is 0.0401. The van der Waals surface area contributed by atoms with Gasteiger partial charge in [0.25, 0.3) is 0 Å². The third-order valence-corrected chi connectivity index (χ3v) is 4.41. The average Bonchev–Trinajstić information content (AvgIpc) is 3.15. The van der Waals surface area contributed by atoms with E-state index < -0.39 is 30.0 Å². The first-order valence-electron chi connectivity index (χ1n) is 8.14. The number of aryl methyl sites for hydroxylation is 1. The van der Waals surface area contributed by atoms with Crippen LogP contribution in [0.4, 0.5) is 17.6 Å². The Bertz CT molecular complexity index is 1020. The number of hydrogen-bond acceptors (Lipinski definition) is 3. The molecule has 1 aliphatic heterocycles. The maximum Gasteiger partial charge on any atom is 0.387 e. The summed E-state index contributed by atoms with van der Waals surface area (Å²) in [7, 11) is 0. The van der Waals surface area contributed by atoms with Gasteiger partial charge in [-0.25, -0.2) is 13.6 Å². The number of nitrogens with zero attached hydrogens (tertiary/aromatic N) is 3. The summed E-state index contributed by atoms with van der Waals surface area (Å²) in [5, 5.41) is 4.26. The van der Waals surface area contributed by atoms with Gasteiger partial charge >= 0.3 is 12.3 Å². The first-order chi connectivity index (χ1) is 12.9. The lowest BCUT2D eigenvalue weighted by Gasteiger charge is -2.12. The fourth-order valence-corrected chi connectivity index (χ4v) is 3.32. The topological polar surface area (TPSA) is 49.1 Å². The van der Waals surface area contributed by atoms with Gasteiger partial charge in [0.05, 0.1) is 11.7 Å². The minimum atomic E-state index is -2.94. The lowest BCUT2D eigenvalue weighted by molar-refractivity contribution is -0.0498. The number of aromatic nitrogens is 3. The van der Waals surface area contributed by atoms with Gasteiger partial charge in [-0.2, -0.15) is 13.5 Å². The van der Waals surface area contributed by atoms with Crippen molar-refractivity contribution in [1.82, 2.24) is 14.3 Å². The number of alkyl halides is 2. The summed E-state index contributed by atoms with van der Waals surface area (Å²) in [5.74, 6) is -0.980.